The summed E-state index contributed by atoms with van der Waals surface area (Å²) in [6.45, 7) is 5.04. The van der Waals surface area contributed by atoms with Gasteiger partial charge < -0.3 is 19.2 Å². The first-order valence-electron chi connectivity index (χ1n) is 10.7. The number of nitrogens with zero attached hydrogens (tertiary/aromatic N) is 3. The molecule has 4 heterocycles. The van der Waals surface area contributed by atoms with E-state index in [2.05, 4.69) is 17.2 Å². The molecule has 1 aliphatic heterocycles. The van der Waals surface area contributed by atoms with Crippen LogP contribution in [0.5, 0.6) is 5.75 Å². The fourth-order valence-electron chi connectivity index (χ4n) is 4.77. The maximum absolute atomic E-state index is 13.0. The predicted octanol–water partition coefficient (Wildman–Crippen LogP) is 4.53. The van der Waals surface area contributed by atoms with E-state index in [0.29, 0.717) is 30.3 Å². The molecule has 2 fully saturated rings. The number of carbonyl (C=O) groups is 1. The van der Waals surface area contributed by atoms with Crippen molar-refractivity contribution in [1.82, 2.24) is 14.4 Å². The Labute approximate surface area is 183 Å². The minimum Gasteiger partial charge on any atom is -0.491 e. The molecule has 9 heteroatoms. The molecule has 168 valence electrons. The first-order chi connectivity index (χ1) is 15.3. The lowest BCUT2D eigenvalue weighted by molar-refractivity contribution is -0.00627. The summed E-state index contributed by atoms with van der Waals surface area (Å²) in [6.07, 6.45) is 3.93. The number of amides is 1. The van der Waals surface area contributed by atoms with Crippen LogP contribution >= 0.6 is 0 Å². The summed E-state index contributed by atoms with van der Waals surface area (Å²) in [5, 5.41) is 2.74. The number of halogens is 2. The summed E-state index contributed by atoms with van der Waals surface area (Å²) in [6, 6.07) is 5.74. The van der Waals surface area contributed by atoms with Crippen molar-refractivity contribution < 1.29 is 23.0 Å². The summed E-state index contributed by atoms with van der Waals surface area (Å²) in [5.74, 6) is -0.144. The first-order valence-corrected chi connectivity index (χ1v) is 10.7. The molecule has 2 unspecified atom stereocenters. The molecule has 1 saturated carbocycles. The van der Waals surface area contributed by atoms with Crippen LogP contribution in [0.15, 0.2) is 36.7 Å². The molecule has 1 saturated heterocycles. The highest BCUT2D eigenvalue weighted by Gasteiger charge is 2.55. The number of rotatable bonds is 6. The second-order valence-corrected chi connectivity index (χ2v) is 8.77. The fourth-order valence-corrected chi connectivity index (χ4v) is 4.77. The topological polar surface area (TPSA) is 77.8 Å². The van der Waals surface area contributed by atoms with Gasteiger partial charge in [0, 0.05) is 23.9 Å². The van der Waals surface area contributed by atoms with Crippen molar-refractivity contribution in [3.63, 3.8) is 0 Å². The van der Waals surface area contributed by atoms with E-state index in [1.165, 1.54) is 18.2 Å². The van der Waals surface area contributed by atoms with Crippen LogP contribution in [0.25, 0.3) is 5.65 Å². The van der Waals surface area contributed by atoms with Crippen molar-refractivity contribution in [2.45, 2.75) is 50.6 Å². The Morgan fingerprint density at radius 1 is 1.31 bits per heavy atom. The van der Waals surface area contributed by atoms with Crippen molar-refractivity contribution in [2.24, 2.45) is 0 Å². The maximum Gasteiger partial charge on any atom is 0.280 e. The molecular formula is C23H24F2N4O3. The third-order valence-corrected chi connectivity index (χ3v) is 6.41. The van der Waals surface area contributed by atoms with Gasteiger partial charge in [0.25, 0.3) is 12.3 Å². The standard InChI is InChI=1S/C23H24F2N4O3/c1-3-31-17-9-19-28-18(23-8-7-22(2,12-23)32-13-23)11-29(19)10-16(17)27-21(30)15-6-4-5-14(26-15)20(24)25/h4-6,9-11,20H,3,7-8,12-13H2,1-2H3,(H,27,30). The van der Waals surface area contributed by atoms with Gasteiger partial charge in [-0.15, -0.1) is 0 Å². The number of nitrogens with one attached hydrogen (secondary N) is 1. The third-order valence-electron chi connectivity index (χ3n) is 6.41. The van der Waals surface area contributed by atoms with Crippen LogP contribution < -0.4 is 10.1 Å². The molecule has 7 nitrogen and oxygen atoms in total. The van der Waals surface area contributed by atoms with Gasteiger partial charge in [-0.1, -0.05) is 6.07 Å². The van der Waals surface area contributed by atoms with Gasteiger partial charge in [0.05, 0.1) is 24.5 Å². The Balaban J connectivity index is 1.48. The predicted molar refractivity (Wildman–Crippen MR) is 113 cm³/mol. The summed E-state index contributed by atoms with van der Waals surface area (Å²) in [7, 11) is 0. The lowest BCUT2D eigenvalue weighted by atomic mass is 9.84. The molecule has 5 rings (SSSR count). The number of hydrogen-bond donors (Lipinski definition) is 1. The van der Waals surface area contributed by atoms with E-state index in [9.17, 15) is 13.6 Å². The largest absolute Gasteiger partial charge is 0.491 e. The van der Waals surface area contributed by atoms with Crippen molar-refractivity contribution >= 4 is 17.2 Å². The third kappa shape index (κ3) is 3.50. The SMILES string of the molecule is CCOc1cc2nc(C34CCC(C)(C3)OC4)cn2cc1NC(=O)c1cccc(C(F)F)n1. The van der Waals surface area contributed by atoms with E-state index in [1.807, 2.05) is 17.5 Å². The van der Waals surface area contributed by atoms with Crippen LogP contribution in [0.1, 0.15) is 61.4 Å². The molecule has 1 amide bonds. The number of pyridine rings is 2. The minimum absolute atomic E-state index is 0.0782. The summed E-state index contributed by atoms with van der Waals surface area (Å²) >= 11 is 0. The van der Waals surface area contributed by atoms with Crippen molar-refractivity contribution in [3.8, 4) is 5.75 Å². The molecule has 1 N–H and O–H groups in total. The molecule has 1 aliphatic carbocycles. The normalized spacial score (nSPS) is 24.4. The zero-order chi connectivity index (χ0) is 22.5. The number of carbonyl (C=O) groups excluding carboxylic acids is 1. The second kappa shape index (κ2) is 7.51. The monoisotopic (exact) mass is 442 g/mol. The van der Waals surface area contributed by atoms with Crippen LogP contribution in [-0.2, 0) is 10.2 Å². The summed E-state index contributed by atoms with van der Waals surface area (Å²) in [4.78, 5) is 21.3. The van der Waals surface area contributed by atoms with Gasteiger partial charge in [-0.05, 0) is 45.2 Å². The minimum atomic E-state index is -2.75. The number of aromatic nitrogens is 3. The van der Waals surface area contributed by atoms with Crippen molar-refractivity contribution in [1.29, 1.82) is 0 Å². The number of ether oxygens (including phenoxy) is 2. The number of fused-ring (bicyclic) bond motifs is 3. The Kier molecular flexibility index (Phi) is 4.88. The van der Waals surface area contributed by atoms with E-state index in [1.54, 1.807) is 12.3 Å². The van der Waals surface area contributed by atoms with Crippen LogP contribution in [0.3, 0.4) is 0 Å². The van der Waals surface area contributed by atoms with Gasteiger partial charge in [0.1, 0.15) is 28.5 Å². The molecule has 2 aliphatic rings. The first kappa shape index (κ1) is 20.8. The number of hydrogen-bond acceptors (Lipinski definition) is 5. The molecule has 2 bridgehead atoms. The molecule has 0 spiro atoms. The van der Waals surface area contributed by atoms with Crippen LogP contribution in [0.4, 0.5) is 14.5 Å². The van der Waals surface area contributed by atoms with Crippen molar-refractivity contribution in [2.75, 3.05) is 18.5 Å². The molecular weight excluding hydrogens is 418 g/mol. The number of alkyl halides is 2. The van der Waals surface area contributed by atoms with Gasteiger partial charge in [0.2, 0.25) is 0 Å². The number of anilines is 1. The van der Waals surface area contributed by atoms with E-state index in [-0.39, 0.29) is 16.7 Å². The average Bonchev–Trinajstić information content (AvgIpc) is 3.45. The summed E-state index contributed by atoms with van der Waals surface area (Å²) < 4.78 is 39.5. The molecule has 0 aromatic carbocycles. The van der Waals surface area contributed by atoms with Gasteiger partial charge in [0.15, 0.2) is 0 Å². The van der Waals surface area contributed by atoms with E-state index in [0.717, 1.165) is 25.0 Å². The van der Waals surface area contributed by atoms with Gasteiger partial charge in [-0.3, -0.25) is 4.79 Å². The summed E-state index contributed by atoms with van der Waals surface area (Å²) in [5.41, 5.74) is 1.38. The van der Waals surface area contributed by atoms with E-state index >= 15 is 0 Å². The highest BCUT2D eigenvalue weighted by atomic mass is 19.3. The van der Waals surface area contributed by atoms with Gasteiger partial charge in [-0.2, -0.15) is 0 Å². The Morgan fingerprint density at radius 3 is 2.81 bits per heavy atom. The Bertz CT molecular complexity index is 1190. The van der Waals surface area contributed by atoms with E-state index in [4.69, 9.17) is 14.5 Å². The highest BCUT2D eigenvalue weighted by Crippen LogP contribution is 2.53. The maximum atomic E-state index is 13.0. The van der Waals surface area contributed by atoms with Gasteiger partial charge in [-0.25, -0.2) is 18.7 Å². The highest BCUT2D eigenvalue weighted by molar-refractivity contribution is 6.03. The lowest BCUT2D eigenvalue weighted by Crippen LogP contribution is -2.26. The molecule has 0 radical (unpaired) electrons. The quantitative estimate of drug-likeness (QED) is 0.607. The number of imidazole rings is 1. The Morgan fingerprint density at radius 2 is 2.16 bits per heavy atom. The molecule has 32 heavy (non-hydrogen) atoms. The molecule has 3 aromatic rings. The molecule has 3 aromatic heterocycles. The zero-order valence-electron chi connectivity index (χ0n) is 17.9. The lowest BCUT2D eigenvalue weighted by Gasteiger charge is -2.24. The second-order valence-electron chi connectivity index (χ2n) is 8.77. The van der Waals surface area contributed by atoms with Gasteiger partial charge >= 0.3 is 0 Å². The van der Waals surface area contributed by atoms with Crippen LogP contribution in [0.2, 0.25) is 0 Å². The smallest absolute Gasteiger partial charge is 0.280 e. The Hall–Kier alpha value is -3.07. The van der Waals surface area contributed by atoms with Crippen LogP contribution in [0, 0.1) is 0 Å². The van der Waals surface area contributed by atoms with E-state index < -0.39 is 18.0 Å². The van der Waals surface area contributed by atoms with Crippen LogP contribution in [-0.4, -0.2) is 39.1 Å². The molecule has 2 atom stereocenters. The average molecular weight is 442 g/mol. The van der Waals surface area contributed by atoms with Crippen molar-refractivity contribution in [3.05, 3.63) is 53.7 Å². The zero-order valence-corrected chi connectivity index (χ0v) is 17.9. The fraction of sp³-hybridized carbons (Fsp3) is 0.435.